The van der Waals surface area contributed by atoms with E-state index in [4.69, 9.17) is 16.7 Å². The first kappa shape index (κ1) is 13.4. The fourth-order valence-electron chi connectivity index (χ4n) is 3.29. The van der Waals surface area contributed by atoms with E-state index in [9.17, 15) is 4.79 Å². The molecule has 1 saturated heterocycles. The second kappa shape index (κ2) is 5.09. The van der Waals surface area contributed by atoms with Crippen LogP contribution in [-0.2, 0) is 0 Å². The number of aromatic nitrogens is 2. The third-order valence-corrected chi connectivity index (χ3v) is 4.61. The molecule has 1 spiro atoms. The normalized spacial score (nSPS) is 21.6. The van der Waals surface area contributed by atoms with Gasteiger partial charge in [-0.25, -0.2) is 14.8 Å². The van der Waals surface area contributed by atoms with Crippen LogP contribution in [0.3, 0.4) is 0 Å². The standard InChI is InChI=1S/C13H17ClN4O2/c14-11-15-4-1-10(17-11)16-9-7-13(8-9)2-5-18(6-3-13)12(19)20/h1,4,9H,2-3,5-8H2,(H,19,20)(H,15,16,17). The van der Waals surface area contributed by atoms with Gasteiger partial charge in [-0.1, -0.05) is 0 Å². The quantitative estimate of drug-likeness (QED) is 0.820. The van der Waals surface area contributed by atoms with Gasteiger partial charge in [-0.2, -0.15) is 0 Å². The van der Waals surface area contributed by atoms with E-state index in [1.54, 1.807) is 6.20 Å². The predicted molar refractivity (Wildman–Crippen MR) is 75.0 cm³/mol. The van der Waals surface area contributed by atoms with Gasteiger partial charge in [0.1, 0.15) is 5.82 Å². The number of carbonyl (C=O) groups is 1. The molecule has 1 aliphatic heterocycles. The zero-order valence-electron chi connectivity index (χ0n) is 11.0. The molecule has 1 aromatic heterocycles. The molecule has 2 fully saturated rings. The first-order valence-corrected chi connectivity index (χ1v) is 7.17. The lowest BCUT2D eigenvalue weighted by Crippen LogP contribution is -2.52. The zero-order valence-corrected chi connectivity index (χ0v) is 11.8. The third kappa shape index (κ3) is 2.65. The van der Waals surface area contributed by atoms with Gasteiger partial charge in [-0.15, -0.1) is 0 Å². The minimum Gasteiger partial charge on any atom is -0.465 e. The van der Waals surface area contributed by atoms with Crippen LogP contribution < -0.4 is 5.32 Å². The van der Waals surface area contributed by atoms with E-state index in [1.165, 1.54) is 4.90 Å². The summed E-state index contributed by atoms with van der Waals surface area (Å²) in [6.45, 7) is 1.31. The number of amides is 1. The number of hydrogen-bond acceptors (Lipinski definition) is 4. The lowest BCUT2D eigenvalue weighted by atomic mass is 9.60. The highest BCUT2D eigenvalue weighted by molar-refractivity contribution is 6.28. The largest absolute Gasteiger partial charge is 0.465 e. The number of carboxylic acid groups (broad SMARTS) is 1. The van der Waals surface area contributed by atoms with Crippen LogP contribution in [0.2, 0.25) is 5.28 Å². The molecule has 6 nitrogen and oxygen atoms in total. The second-order valence-electron chi connectivity index (χ2n) is 5.73. The van der Waals surface area contributed by atoms with Gasteiger partial charge in [0.2, 0.25) is 5.28 Å². The van der Waals surface area contributed by atoms with Crippen LogP contribution in [0.1, 0.15) is 25.7 Å². The zero-order chi connectivity index (χ0) is 14.2. The summed E-state index contributed by atoms with van der Waals surface area (Å²) in [6.07, 6.45) is 4.90. The fraction of sp³-hybridized carbons (Fsp3) is 0.615. The Morgan fingerprint density at radius 3 is 2.75 bits per heavy atom. The maximum absolute atomic E-state index is 10.9. The Labute approximate surface area is 122 Å². The highest BCUT2D eigenvalue weighted by Gasteiger charge is 2.46. The minimum absolute atomic E-state index is 0.249. The summed E-state index contributed by atoms with van der Waals surface area (Å²) in [7, 11) is 0. The van der Waals surface area contributed by atoms with Crippen molar-refractivity contribution in [1.82, 2.24) is 14.9 Å². The van der Waals surface area contributed by atoms with Crippen LogP contribution in [-0.4, -0.2) is 45.2 Å². The van der Waals surface area contributed by atoms with Gasteiger partial charge in [-0.3, -0.25) is 0 Å². The Kier molecular flexibility index (Phi) is 3.41. The summed E-state index contributed by atoms with van der Waals surface area (Å²) < 4.78 is 0. The van der Waals surface area contributed by atoms with Crippen LogP contribution in [0, 0.1) is 5.41 Å². The van der Waals surface area contributed by atoms with Gasteiger partial charge in [0.05, 0.1) is 0 Å². The number of likely N-dealkylation sites (tertiary alicyclic amines) is 1. The van der Waals surface area contributed by atoms with E-state index in [0.717, 1.165) is 31.5 Å². The molecule has 0 radical (unpaired) electrons. The lowest BCUT2D eigenvalue weighted by molar-refractivity contribution is 0.0266. The van der Waals surface area contributed by atoms with Gasteiger partial charge in [0, 0.05) is 25.3 Å². The van der Waals surface area contributed by atoms with Gasteiger partial charge in [0.15, 0.2) is 0 Å². The number of rotatable bonds is 2. The number of piperidine rings is 1. The van der Waals surface area contributed by atoms with Crippen molar-refractivity contribution in [3.63, 3.8) is 0 Å². The molecule has 1 saturated carbocycles. The molecule has 0 unspecified atom stereocenters. The summed E-state index contributed by atoms with van der Waals surface area (Å²) >= 11 is 5.75. The van der Waals surface area contributed by atoms with Crippen molar-refractivity contribution in [3.05, 3.63) is 17.5 Å². The SMILES string of the molecule is O=C(O)N1CCC2(CC1)CC(Nc1ccnc(Cl)n1)C2. The second-order valence-corrected chi connectivity index (χ2v) is 6.07. The maximum Gasteiger partial charge on any atom is 0.407 e. The molecule has 0 aromatic carbocycles. The Bertz CT molecular complexity index is 509. The highest BCUT2D eigenvalue weighted by Crippen LogP contribution is 2.49. The smallest absolute Gasteiger partial charge is 0.407 e. The minimum atomic E-state index is -0.801. The van der Waals surface area contributed by atoms with E-state index in [1.807, 2.05) is 6.07 Å². The van der Waals surface area contributed by atoms with Crippen LogP contribution in [0.4, 0.5) is 10.6 Å². The van der Waals surface area contributed by atoms with Crippen molar-refractivity contribution in [2.75, 3.05) is 18.4 Å². The van der Waals surface area contributed by atoms with Gasteiger partial charge >= 0.3 is 6.09 Å². The molecule has 7 heteroatoms. The van der Waals surface area contributed by atoms with E-state index < -0.39 is 6.09 Å². The monoisotopic (exact) mass is 296 g/mol. The van der Waals surface area contributed by atoms with Crippen molar-refractivity contribution in [3.8, 4) is 0 Å². The average Bonchev–Trinajstić information content (AvgIpc) is 2.37. The van der Waals surface area contributed by atoms with Crippen molar-refractivity contribution >= 4 is 23.5 Å². The molecule has 2 aliphatic rings. The lowest BCUT2D eigenvalue weighted by Gasteiger charge is -2.52. The molecule has 2 heterocycles. The van der Waals surface area contributed by atoms with E-state index in [-0.39, 0.29) is 5.28 Å². The van der Waals surface area contributed by atoms with Crippen LogP contribution in [0.15, 0.2) is 12.3 Å². The average molecular weight is 297 g/mol. The Hall–Kier alpha value is -1.56. The number of anilines is 1. The molecule has 1 amide bonds. The van der Waals surface area contributed by atoms with Crippen LogP contribution >= 0.6 is 11.6 Å². The number of nitrogens with zero attached hydrogens (tertiary/aromatic N) is 3. The number of hydrogen-bond donors (Lipinski definition) is 2. The van der Waals surface area contributed by atoms with Gasteiger partial charge in [-0.05, 0) is 48.8 Å². The molecule has 3 rings (SSSR count). The molecule has 0 atom stereocenters. The van der Waals surface area contributed by atoms with Gasteiger partial charge in [0.25, 0.3) is 0 Å². The molecule has 1 aromatic rings. The van der Waals surface area contributed by atoms with Crippen molar-refractivity contribution < 1.29 is 9.90 Å². The summed E-state index contributed by atoms with van der Waals surface area (Å²) in [5, 5.41) is 12.6. The highest BCUT2D eigenvalue weighted by atomic mass is 35.5. The maximum atomic E-state index is 10.9. The Morgan fingerprint density at radius 2 is 2.15 bits per heavy atom. The van der Waals surface area contributed by atoms with Crippen molar-refractivity contribution in [2.24, 2.45) is 5.41 Å². The summed E-state index contributed by atoms with van der Waals surface area (Å²) in [4.78, 5) is 20.4. The molecular formula is C13H17ClN4O2. The molecule has 108 valence electrons. The Morgan fingerprint density at radius 1 is 1.45 bits per heavy atom. The summed E-state index contributed by atoms with van der Waals surface area (Å²) in [5.41, 5.74) is 0.320. The summed E-state index contributed by atoms with van der Waals surface area (Å²) in [5.74, 6) is 0.757. The van der Waals surface area contributed by atoms with Crippen LogP contribution in [0.5, 0.6) is 0 Å². The van der Waals surface area contributed by atoms with Gasteiger partial charge < -0.3 is 15.3 Å². The van der Waals surface area contributed by atoms with Crippen molar-refractivity contribution in [1.29, 1.82) is 0 Å². The molecule has 2 N–H and O–H groups in total. The molecule has 1 aliphatic carbocycles. The van der Waals surface area contributed by atoms with E-state index >= 15 is 0 Å². The Balaban J connectivity index is 1.51. The number of nitrogens with one attached hydrogen (secondary N) is 1. The molecular weight excluding hydrogens is 280 g/mol. The van der Waals surface area contributed by atoms with E-state index in [2.05, 4.69) is 15.3 Å². The number of halogens is 1. The fourth-order valence-corrected chi connectivity index (χ4v) is 3.44. The summed E-state index contributed by atoms with van der Waals surface area (Å²) in [6, 6.07) is 2.21. The molecule has 20 heavy (non-hydrogen) atoms. The van der Waals surface area contributed by atoms with Crippen LogP contribution in [0.25, 0.3) is 0 Å². The third-order valence-electron chi connectivity index (χ3n) is 4.43. The first-order chi connectivity index (χ1) is 9.56. The predicted octanol–water partition coefficient (Wildman–Crippen LogP) is 2.46. The topological polar surface area (TPSA) is 78.4 Å². The van der Waals surface area contributed by atoms with Crippen molar-refractivity contribution in [2.45, 2.75) is 31.7 Å². The first-order valence-electron chi connectivity index (χ1n) is 6.79. The van der Waals surface area contributed by atoms with E-state index in [0.29, 0.717) is 24.5 Å². The molecule has 0 bridgehead atoms.